The Labute approximate surface area is 144 Å². The molecule has 0 amide bonds. The van der Waals surface area contributed by atoms with Gasteiger partial charge in [0.25, 0.3) is 0 Å². The second-order valence-corrected chi connectivity index (χ2v) is 6.50. The standard InChI is InChI=1S/C21H25N3/c1-16-9-11-19(12-10-16)21-22-17(2)20(23-21)15-24(3)14-13-18-7-5-4-6-8-18/h4-12H,13-15H2,1-3H3,(H,22,23). The third-order valence-corrected chi connectivity index (χ3v) is 4.36. The molecule has 3 aromatic rings. The fourth-order valence-electron chi connectivity index (χ4n) is 2.80. The lowest BCUT2D eigenvalue weighted by Crippen LogP contribution is -2.21. The second kappa shape index (κ2) is 7.45. The van der Waals surface area contributed by atoms with E-state index in [1.165, 1.54) is 11.1 Å². The van der Waals surface area contributed by atoms with Gasteiger partial charge >= 0.3 is 0 Å². The molecule has 0 radical (unpaired) electrons. The molecule has 2 aromatic carbocycles. The Morgan fingerprint density at radius 2 is 1.67 bits per heavy atom. The Bertz CT molecular complexity index is 773. The summed E-state index contributed by atoms with van der Waals surface area (Å²) in [7, 11) is 2.16. The van der Waals surface area contributed by atoms with Crippen LogP contribution in [0.1, 0.15) is 22.5 Å². The first-order valence-electron chi connectivity index (χ1n) is 8.47. The molecule has 0 aliphatic rings. The van der Waals surface area contributed by atoms with Gasteiger partial charge in [-0.05, 0) is 32.9 Å². The fourth-order valence-corrected chi connectivity index (χ4v) is 2.80. The number of hydrogen-bond acceptors (Lipinski definition) is 2. The summed E-state index contributed by atoms with van der Waals surface area (Å²) in [5, 5.41) is 0. The van der Waals surface area contributed by atoms with Crippen LogP contribution in [0.5, 0.6) is 0 Å². The second-order valence-electron chi connectivity index (χ2n) is 6.50. The molecule has 0 bridgehead atoms. The molecule has 0 atom stereocenters. The molecule has 1 heterocycles. The summed E-state index contributed by atoms with van der Waals surface area (Å²) in [6.45, 7) is 6.09. The van der Waals surface area contributed by atoms with Crippen molar-refractivity contribution in [3.8, 4) is 11.4 Å². The van der Waals surface area contributed by atoms with Gasteiger partial charge in [-0.15, -0.1) is 0 Å². The van der Waals surface area contributed by atoms with Gasteiger partial charge in [0.05, 0.1) is 5.69 Å². The lowest BCUT2D eigenvalue weighted by molar-refractivity contribution is 0.327. The first-order valence-corrected chi connectivity index (χ1v) is 8.47. The number of H-pyrrole nitrogens is 1. The highest BCUT2D eigenvalue weighted by molar-refractivity contribution is 5.56. The predicted molar refractivity (Wildman–Crippen MR) is 100.0 cm³/mol. The molecule has 0 aliphatic heterocycles. The first kappa shape index (κ1) is 16.5. The zero-order valence-electron chi connectivity index (χ0n) is 14.7. The summed E-state index contributed by atoms with van der Waals surface area (Å²) in [6.07, 6.45) is 1.06. The summed E-state index contributed by atoms with van der Waals surface area (Å²) in [4.78, 5) is 10.6. The number of imidazole rings is 1. The van der Waals surface area contributed by atoms with E-state index in [0.29, 0.717) is 0 Å². The van der Waals surface area contributed by atoms with Crippen molar-refractivity contribution in [1.82, 2.24) is 14.9 Å². The van der Waals surface area contributed by atoms with Crippen molar-refractivity contribution in [3.63, 3.8) is 0 Å². The van der Waals surface area contributed by atoms with Crippen LogP contribution in [0.2, 0.25) is 0 Å². The lowest BCUT2D eigenvalue weighted by Gasteiger charge is -2.15. The number of nitrogens with zero attached hydrogens (tertiary/aromatic N) is 2. The first-order chi connectivity index (χ1) is 11.6. The minimum atomic E-state index is 0.862. The Balaban J connectivity index is 1.63. The Kier molecular flexibility index (Phi) is 5.11. The van der Waals surface area contributed by atoms with Gasteiger partial charge in [-0.1, -0.05) is 60.2 Å². The van der Waals surface area contributed by atoms with Crippen LogP contribution in [-0.4, -0.2) is 28.5 Å². The summed E-state index contributed by atoms with van der Waals surface area (Å²) in [5.74, 6) is 0.957. The number of aromatic amines is 1. The molecule has 0 spiro atoms. The summed E-state index contributed by atoms with van der Waals surface area (Å²) in [5.41, 5.74) is 6.06. The van der Waals surface area contributed by atoms with E-state index in [1.54, 1.807) is 0 Å². The van der Waals surface area contributed by atoms with Crippen molar-refractivity contribution in [3.05, 3.63) is 77.1 Å². The molecule has 0 saturated carbocycles. The molecule has 0 unspecified atom stereocenters. The summed E-state index contributed by atoms with van der Waals surface area (Å²) in [6, 6.07) is 19.1. The molecule has 24 heavy (non-hydrogen) atoms. The largest absolute Gasteiger partial charge is 0.342 e. The minimum Gasteiger partial charge on any atom is -0.342 e. The lowest BCUT2D eigenvalue weighted by atomic mass is 10.1. The van der Waals surface area contributed by atoms with Gasteiger partial charge < -0.3 is 9.88 Å². The van der Waals surface area contributed by atoms with Crippen LogP contribution < -0.4 is 0 Å². The van der Waals surface area contributed by atoms with E-state index in [2.05, 4.69) is 85.4 Å². The van der Waals surface area contributed by atoms with E-state index < -0.39 is 0 Å². The highest BCUT2D eigenvalue weighted by atomic mass is 15.1. The maximum atomic E-state index is 4.81. The molecular formula is C21H25N3. The predicted octanol–water partition coefficient (Wildman–Crippen LogP) is 4.37. The molecule has 1 N–H and O–H groups in total. The van der Waals surface area contributed by atoms with Gasteiger partial charge in [-0.3, -0.25) is 0 Å². The van der Waals surface area contributed by atoms with Gasteiger partial charge in [0.1, 0.15) is 5.82 Å². The third-order valence-electron chi connectivity index (χ3n) is 4.36. The monoisotopic (exact) mass is 319 g/mol. The average Bonchev–Trinajstić information content (AvgIpc) is 2.95. The summed E-state index contributed by atoms with van der Waals surface area (Å²) >= 11 is 0. The van der Waals surface area contributed by atoms with Crippen LogP contribution in [0.4, 0.5) is 0 Å². The van der Waals surface area contributed by atoms with Gasteiger partial charge in [0, 0.05) is 24.3 Å². The van der Waals surface area contributed by atoms with Crippen molar-refractivity contribution >= 4 is 0 Å². The van der Waals surface area contributed by atoms with Crippen molar-refractivity contribution < 1.29 is 0 Å². The Morgan fingerprint density at radius 3 is 2.38 bits per heavy atom. The highest BCUT2D eigenvalue weighted by Gasteiger charge is 2.10. The third kappa shape index (κ3) is 4.12. The average molecular weight is 319 g/mol. The zero-order chi connectivity index (χ0) is 16.9. The Morgan fingerprint density at radius 1 is 0.958 bits per heavy atom. The van der Waals surface area contributed by atoms with E-state index in [4.69, 9.17) is 4.98 Å². The number of aromatic nitrogens is 2. The van der Waals surface area contributed by atoms with Gasteiger partial charge in [-0.25, -0.2) is 4.98 Å². The van der Waals surface area contributed by atoms with Crippen molar-refractivity contribution in [1.29, 1.82) is 0 Å². The van der Waals surface area contributed by atoms with Crippen LogP contribution in [0.25, 0.3) is 11.4 Å². The molecule has 0 aliphatic carbocycles. The zero-order valence-corrected chi connectivity index (χ0v) is 14.7. The maximum absolute atomic E-state index is 4.81. The van der Waals surface area contributed by atoms with E-state index in [-0.39, 0.29) is 0 Å². The van der Waals surface area contributed by atoms with E-state index in [9.17, 15) is 0 Å². The van der Waals surface area contributed by atoms with Crippen LogP contribution >= 0.6 is 0 Å². The van der Waals surface area contributed by atoms with Crippen molar-refractivity contribution in [2.45, 2.75) is 26.8 Å². The highest BCUT2D eigenvalue weighted by Crippen LogP contribution is 2.19. The van der Waals surface area contributed by atoms with Gasteiger partial charge in [0.15, 0.2) is 0 Å². The minimum absolute atomic E-state index is 0.862. The van der Waals surface area contributed by atoms with Crippen molar-refractivity contribution in [2.75, 3.05) is 13.6 Å². The summed E-state index contributed by atoms with van der Waals surface area (Å²) < 4.78 is 0. The van der Waals surface area contributed by atoms with Gasteiger partial charge in [-0.2, -0.15) is 0 Å². The topological polar surface area (TPSA) is 31.9 Å². The number of nitrogens with one attached hydrogen (secondary N) is 1. The van der Waals surface area contributed by atoms with Crippen LogP contribution in [0.15, 0.2) is 54.6 Å². The van der Waals surface area contributed by atoms with Gasteiger partial charge in [0.2, 0.25) is 0 Å². The number of hydrogen-bond donors (Lipinski definition) is 1. The van der Waals surface area contributed by atoms with E-state index in [1.807, 2.05) is 0 Å². The molecule has 0 saturated heterocycles. The number of likely N-dealkylation sites (N-methyl/N-ethyl adjacent to an activating group) is 1. The molecule has 0 fully saturated rings. The normalized spacial score (nSPS) is 11.2. The quantitative estimate of drug-likeness (QED) is 0.731. The molecule has 3 nitrogen and oxygen atoms in total. The van der Waals surface area contributed by atoms with Crippen LogP contribution in [0, 0.1) is 13.8 Å². The van der Waals surface area contributed by atoms with Crippen LogP contribution in [-0.2, 0) is 13.0 Å². The van der Waals surface area contributed by atoms with E-state index in [0.717, 1.165) is 42.3 Å². The number of benzene rings is 2. The molecular weight excluding hydrogens is 294 g/mol. The molecule has 3 heteroatoms. The molecule has 3 rings (SSSR count). The fraction of sp³-hybridized carbons (Fsp3) is 0.286. The maximum Gasteiger partial charge on any atom is 0.137 e. The van der Waals surface area contributed by atoms with Crippen LogP contribution in [0.3, 0.4) is 0 Å². The molecule has 1 aromatic heterocycles. The smallest absolute Gasteiger partial charge is 0.137 e. The Hall–Kier alpha value is -2.39. The SMILES string of the molecule is Cc1ccc(-c2nc(CN(C)CCc3ccccc3)c(C)[nH]2)cc1. The number of rotatable bonds is 6. The molecule has 124 valence electrons. The van der Waals surface area contributed by atoms with E-state index >= 15 is 0 Å². The number of aryl methyl sites for hydroxylation is 2. The van der Waals surface area contributed by atoms with Crippen molar-refractivity contribution in [2.24, 2.45) is 0 Å².